The molecular formula is C16H23NO2S. The van der Waals surface area contributed by atoms with E-state index in [0.29, 0.717) is 12.3 Å². The Hall–Kier alpha value is -1.00. The normalized spacial score (nSPS) is 18.2. The smallest absolute Gasteiger partial charge is 0.230 e. The molecule has 1 aromatic rings. The van der Waals surface area contributed by atoms with Crippen LogP contribution in [0, 0.1) is 13.8 Å². The van der Waals surface area contributed by atoms with E-state index in [1.165, 1.54) is 16.7 Å². The van der Waals surface area contributed by atoms with Gasteiger partial charge in [0.1, 0.15) is 0 Å². The van der Waals surface area contributed by atoms with Crippen molar-refractivity contribution in [2.24, 2.45) is 0 Å². The van der Waals surface area contributed by atoms with E-state index in [-0.39, 0.29) is 12.0 Å². The summed E-state index contributed by atoms with van der Waals surface area (Å²) in [5.74, 6) is 1.50. The summed E-state index contributed by atoms with van der Waals surface area (Å²) in [6, 6.07) is 6.54. The van der Waals surface area contributed by atoms with Gasteiger partial charge in [0, 0.05) is 18.9 Å². The van der Waals surface area contributed by atoms with Crippen LogP contribution in [0.3, 0.4) is 0 Å². The number of carbonyl (C=O) groups is 1. The van der Waals surface area contributed by atoms with Gasteiger partial charge in [0.05, 0.1) is 11.9 Å². The molecular weight excluding hydrogens is 270 g/mol. The molecule has 1 saturated heterocycles. The van der Waals surface area contributed by atoms with Gasteiger partial charge in [-0.15, -0.1) is 11.8 Å². The Morgan fingerprint density at radius 3 is 2.75 bits per heavy atom. The third-order valence-corrected chi connectivity index (χ3v) is 4.34. The summed E-state index contributed by atoms with van der Waals surface area (Å²) in [7, 11) is 0. The number of rotatable bonds is 6. The molecule has 0 aromatic heterocycles. The molecule has 1 N–H and O–H groups in total. The summed E-state index contributed by atoms with van der Waals surface area (Å²) >= 11 is 1.66. The van der Waals surface area contributed by atoms with E-state index in [9.17, 15) is 4.79 Å². The number of ether oxygens (including phenoxy) is 1. The third kappa shape index (κ3) is 5.17. The van der Waals surface area contributed by atoms with Crippen LogP contribution in [0.2, 0.25) is 0 Å². The molecule has 3 nitrogen and oxygen atoms in total. The van der Waals surface area contributed by atoms with E-state index in [4.69, 9.17) is 4.74 Å². The highest BCUT2D eigenvalue weighted by atomic mass is 32.2. The van der Waals surface area contributed by atoms with Crippen molar-refractivity contribution in [3.63, 3.8) is 0 Å². The van der Waals surface area contributed by atoms with Crippen molar-refractivity contribution in [2.45, 2.75) is 38.5 Å². The highest BCUT2D eigenvalue weighted by molar-refractivity contribution is 7.99. The second-order valence-electron chi connectivity index (χ2n) is 5.43. The number of carbonyl (C=O) groups excluding carboxylic acids is 1. The zero-order chi connectivity index (χ0) is 14.4. The molecule has 0 bridgehead atoms. The predicted molar refractivity (Wildman–Crippen MR) is 84.1 cm³/mol. The predicted octanol–water partition coefficient (Wildman–Crippen LogP) is 2.83. The molecule has 1 aliphatic heterocycles. The van der Waals surface area contributed by atoms with E-state index in [2.05, 4.69) is 37.4 Å². The van der Waals surface area contributed by atoms with Gasteiger partial charge in [-0.3, -0.25) is 4.79 Å². The van der Waals surface area contributed by atoms with Crippen LogP contribution in [0.4, 0.5) is 0 Å². The van der Waals surface area contributed by atoms with E-state index < -0.39 is 0 Å². The summed E-state index contributed by atoms with van der Waals surface area (Å²) in [5.41, 5.74) is 3.85. The largest absolute Gasteiger partial charge is 0.376 e. The minimum Gasteiger partial charge on any atom is -0.376 e. The fourth-order valence-electron chi connectivity index (χ4n) is 2.50. The number of benzene rings is 1. The molecule has 0 saturated carbocycles. The molecule has 1 aliphatic rings. The van der Waals surface area contributed by atoms with Crippen molar-refractivity contribution < 1.29 is 9.53 Å². The van der Waals surface area contributed by atoms with Gasteiger partial charge < -0.3 is 10.1 Å². The molecule has 1 atom stereocenters. The molecule has 1 amide bonds. The van der Waals surface area contributed by atoms with Gasteiger partial charge in [0.15, 0.2) is 0 Å². The maximum Gasteiger partial charge on any atom is 0.230 e. The Bertz CT molecular complexity index is 436. The minimum atomic E-state index is 0.106. The first-order valence-electron chi connectivity index (χ1n) is 7.17. The molecule has 0 aliphatic carbocycles. The Balaban J connectivity index is 1.65. The number of thioether (sulfide) groups is 1. The van der Waals surface area contributed by atoms with Crippen LogP contribution in [0.25, 0.3) is 0 Å². The van der Waals surface area contributed by atoms with Crippen LogP contribution >= 0.6 is 11.8 Å². The first-order valence-corrected chi connectivity index (χ1v) is 8.32. The molecule has 1 heterocycles. The van der Waals surface area contributed by atoms with Gasteiger partial charge >= 0.3 is 0 Å². The topological polar surface area (TPSA) is 38.3 Å². The first-order chi connectivity index (χ1) is 9.63. The lowest BCUT2D eigenvalue weighted by Crippen LogP contribution is -2.32. The third-order valence-electron chi connectivity index (χ3n) is 3.33. The molecule has 4 heteroatoms. The van der Waals surface area contributed by atoms with Crippen LogP contribution in [0.1, 0.15) is 29.5 Å². The zero-order valence-corrected chi connectivity index (χ0v) is 13.1. The Kier molecular flexibility index (Phi) is 5.92. The van der Waals surface area contributed by atoms with Gasteiger partial charge in [-0.05, 0) is 32.3 Å². The van der Waals surface area contributed by atoms with Crippen LogP contribution in [-0.4, -0.2) is 30.9 Å². The summed E-state index contributed by atoms with van der Waals surface area (Å²) in [6.07, 6.45) is 2.40. The Labute approximate surface area is 125 Å². The lowest BCUT2D eigenvalue weighted by molar-refractivity contribution is -0.119. The molecule has 0 unspecified atom stereocenters. The van der Waals surface area contributed by atoms with Crippen molar-refractivity contribution in [3.8, 4) is 0 Å². The van der Waals surface area contributed by atoms with Gasteiger partial charge in [-0.25, -0.2) is 0 Å². The van der Waals surface area contributed by atoms with Crippen LogP contribution in [0.5, 0.6) is 0 Å². The second-order valence-corrected chi connectivity index (χ2v) is 6.41. The average molecular weight is 293 g/mol. The number of aryl methyl sites for hydroxylation is 2. The lowest BCUT2D eigenvalue weighted by atomic mass is 10.1. The quantitative estimate of drug-likeness (QED) is 0.876. The standard InChI is InChI=1S/C16H23NO2S/c1-12-6-13(2)8-14(7-12)10-20-11-16(18)17-9-15-4-3-5-19-15/h6-8,15H,3-5,9-11H2,1-2H3,(H,17,18)/t15-/m0/s1. The highest BCUT2D eigenvalue weighted by Crippen LogP contribution is 2.16. The van der Waals surface area contributed by atoms with E-state index >= 15 is 0 Å². The fraction of sp³-hybridized carbons (Fsp3) is 0.562. The number of amides is 1. The molecule has 1 aromatic carbocycles. The van der Waals surface area contributed by atoms with Crippen LogP contribution < -0.4 is 5.32 Å². The van der Waals surface area contributed by atoms with E-state index in [1.807, 2.05) is 0 Å². The van der Waals surface area contributed by atoms with E-state index in [0.717, 1.165) is 25.2 Å². The van der Waals surface area contributed by atoms with Gasteiger partial charge in [0.2, 0.25) is 5.91 Å². The Morgan fingerprint density at radius 2 is 2.10 bits per heavy atom. The summed E-state index contributed by atoms with van der Waals surface area (Å²) in [4.78, 5) is 11.7. The number of hydrogen-bond donors (Lipinski definition) is 1. The molecule has 0 radical (unpaired) electrons. The monoisotopic (exact) mass is 293 g/mol. The minimum absolute atomic E-state index is 0.106. The zero-order valence-electron chi connectivity index (χ0n) is 12.3. The van der Waals surface area contributed by atoms with Crippen molar-refractivity contribution in [3.05, 3.63) is 34.9 Å². The fourth-order valence-corrected chi connectivity index (χ4v) is 3.29. The first kappa shape index (κ1) is 15.4. The molecule has 20 heavy (non-hydrogen) atoms. The molecule has 110 valence electrons. The van der Waals surface area contributed by atoms with Crippen molar-refractivity contribution >= 4 is 17.7 Å². The van der Waals surface area contributed by atoms with E-state index in [1.54, 1.807) is 11.8 Å². The maximum atomic E-state index is 11.7. The van der Waals surface area contributed by atoms with Crippen molar-refractivity contribution in [2.75, 3.05) is 18.9 Å². The molecule has 1 fully saturated rings. The number of hydrogen-bond acceptors (Lipinski definition) is 3. The van der Waals surface area contributed by atoms with Gasteiger partial charge in [-0.1, -0.05) is 29.3 Å². The number of nitrogens with one attached hydrogen (secondary N) is 1. The molecule has 2 rings (SSSR count). The SMILES string of the molecule is Cc1cc(C)cc(CSCC(=O)NC[C@@H]2CCCO2)c1. The highest BCUT2D eigenvalue weighted by Gasteiger charge is 2.15. The lowest BCUT2D eigenvalue weighted by Gasteiger charge is -2.10. The maximum absolute atomic E-state index is 11.7. The second kappa shape index (κ2) is 7.70. The van der Waals surface area contributed by atoms with Crippen molar-refractivity contribution in [1.29, 1.82) is 0 Å². The Morgan fingerprint density at radius 1 is 1.35 bits per heavy atom. The summed E-state index contributed by atoms with van der Waals surface area (Å²) in [6.45, 7) is 5.70. The van der Waals surface area contributed by atoms with Gasteiger partial charge in [0.25, 0.3) is 0 Å². The molecule has 0 spiro atoms. The van der Waals surface area contributed by atoms with Gasteiger partial charge in [-0.2, -0.15) is 0 Å². The summed E-state index contributed by atoms with van der Waals surface area (Å²) in [5, 5.41) is 2.95. The van der Waals surface area contributed by atoms with Crippen molar-refractivity contribution in [1.82, 2.24) is 5.32 Å². The summed E-state index contributed by atoms with van der Waals surface area (Å²) < 4.78 is 5.48. The van der Waals surface area contributed by atoms with Crippen LogP contribution in [0.15, 0.2) is 18.2 Å². The van der Waals surface area contributed by atoms with Crippen LogP contribution in [-0.2, 0) is 15.3 Å². The average Bonchev–Trinajstić information content (AvgIpc) is 2.88.